The molecule has 1 aliphatic rings. The molecule has 0 bridgehead atoms. The van der Waals surface area contributed by atoms with Gasteiger partial charge in [-0.15, -0.1) is 0 Å². The van der Waals surface area contributed by atoms with Crippen molar-refractivity contribution in [2.45, 2.75) is 19.1 Å². The van der Waals surface area contributed by atoms with E-state index in [-0.39, 0.29) is 6.61 Å². The van der Waals surface area contributed by atoms with Crippen LogP contribution in [0.1, 0.15) is 6.92 Å². The predicted molar refractivity (Wildman–Crippen MR) is 32.9 cm³/mol. The van der Waals surface area contributed by atoms with Crippen LogP contribution in [0, 0.1) is 0 Å². The molecule has 1 fully saturated rings. The van der Waals surface area contributed by atoms with Gasteiger partial charge in [-0.05, 0) is 6.92 Å². The molecule has 62 valence electrons. The monoisotopic (exact) mass is 160 g/mol. The molecular weight excluding hydrogens is 152 g/mol. The summed E-state index contributed by atoms with van der Waals surface area (Å²) in [5.74, 6) is -1.72. The molecule has 2 atom stereocenters. The maximum Gasteiger partial charge on any atom is 0.338 e. The fraction of sp³-hybridized carbons (Fsp3) is 0.667. The van der Waals surface area contributed by atoms with E-state index in [0.717, 1.165) is 0 Å². The zero-order chi connectivity index (χ0) is 8.43. The quantitative estimate of drug-likeness (QED) is 0.440. The first-order valence-electron chi connectivity index (χ1n) is 3.21. The molecule has 1 N–H and O–H groups in total. The number of carboxylic acids is 1. The number of carbonyl (C=O) groups is 2. The average molecular weight is 160 g/mol. The molecule has 5 nitrogen and oxygen atoms in total. The van der Waals surface area contributed by atoms with Crippen LogP contribution < -0.4 is 0 Å². The second kappa shape index (κ2) is 2.87. The van der Waals surface area contributed by atoms with Gasteiger partial charge in [-0.3, -0.25) is 0 Å². The molecular formula is C6H8O5. The number of esters is 1. The summed E-state index contributed by atoms with van der Waals surface area (Å²) in [5.41, 5.74) is 0. The normalized spacial score (nSPS) is 27.7. The zero-order valence-corrected chi connectivity index (χ0v) is 5.94. The number of hydrogen-bond donors (Lipinski definition) is 1. The second-order valence-corrected chi connectivity index (χ2v) is 2.07. The molecule has 11 heavy (non-hydrogen) atoms. The highest BCUT2D eigenvalue weighted by Crippen LogP contribution is 2.23. The summed E-state index contributed by atoms with van der Waals surface area (Å²) in [6.07, 6.45) is -1.87. The number of aliphatic carboxylic acids is 1. The minimum absolute atomic E-state index is 0.241. The Morgan fingerprint density at radius 3 is 2.55 bits per heavy atom. The first-order valence-corrected chi connectivity index (χ1v) is 3.21. The lowest BCUT2D eigenvalue weighted by molar-refractivity contribution is -0.145. The van der Waals surface area contributed by atoms with Crippen LogP contribution >= 0.6 is 0 Å². The van der Waals surface area contributed by atoms with Crippen molar-refractivity contribution in [3.8, 4) is 0 Å². The Morgan fingerprint density at radius 1 is 1.55 bits per heavy atom. The summed E-state index contributed by atoms with van der Waals surface area (Å²) in [6.45, 7) is 1.89. The maximum atomic E-state index is 10.7. The highest BCUT2D eigenvalue weighted by Gasteiger charge is 2.51. The van der Waals surface area contributed by atoms with Crippen molar-refractivity contribution in [3.05, 3.63) is 0 Å². The number of carboxylic acid groups (broad SMARTS) is 1. The number of hydrogen-bond acceptors (Lipinski definition) is 4. The van der Waals surface area contributed by atoms with Gasteiger partial charge in [-0.25, -0.2) is 9.59 Å². The van der Waals surface area contributed by atoms with Crippen molar-refractivity contribution < 1.29 is 24.2 Å². The van der Waals surface area contributed by atoms with E-state index in [2.05, 4.69) is 9.47 Å². The molecule has 0 aromatic rings. The molecule has 0 amide bonds. The molecule has 0 radical (unpaired) electrons. The lowest BCUT2D eigenvalue weighted by Crippen LogP contribution is -2.17. The van der Waals surface area contributed by atoms with Gasteiger partial charge in [0.2, 0.25) is 0 Å². The minimum atomic E-state index is -1.12. The third-order valence-electron chi connectivity index (χ3n) is 1.25. The molecule has 0 aliphatic carbocycles. The Morgan fingerprint density at radius 2 is 2.18 bits per heavy atom. The largest absolute Gasteiger partial charge is 0.479 e. The smallest absolute Gasteiger partial charge is 0.338 e. The van der Waals surface area contributed by atoms with Crippen molar-refractivity contribution >= 4 is 11.9 Å². The van der Waals surface area contributed by atoms with Gasteiger partial charge in [0, 0.05) is 0 Å². The van der Waals surface area contributed by atoms with Crippen LogP contribution in [0.15, 0.2) is 0 Å². The molecule has 0 unspecified atom stereocenters. The van der Waals surface area contributed by atoms with Crippen LogP contribution in [0.2, 0.25) is 0 Å². The third kappa shape index (κ3) is 1.68. The van der Waals surface area contributed by atoms with Crippen molar-refractivity contribution in [2.24, 2.45) is 0 Å². The maximum absolute atomic E-state index is 10.7. The lowest BCUT2D eigenvalue weighted by atomic mass is 10.3. The van der Waals surface area contributed by atoms with E-state index in [9.17, 15) is 9.59 Å². The predicted octanol–water partition coefficient (Wildman–Crippen LogP) is -0.599. The first kappa shape index (κ1) is 8.00. The summed E-state index contributed by atoms with van der Waals surface area (Å²) in [6, 6.07) is 0. The van der Waals surface area contributed by atoms with Gasteiger partial charge < -0.3 is 14.6 Å². The molecule has 0 aromatic heterocycles. The van der Waals surface area contributed by atoms with Crippen molar-refractivity contribution in [2.75, 3.05) is 6.61 Å². The Bertz CT molecular complexity index is 187. The van der Waals surface area contributed by atoms with Crippen LogP contribution in [-0.4, -0.2) is 35.9 Å². The van der Waals surface area contributed by atoms with E-state index in [1.54, 1.807) is 6.92 Å². The van der Waals surface area contributed by atoms with Gasteiger partial charge in [0.25, 0.3) is 0 Å². The highest BCUT2D eigenvalue weighted by atomic mass is 16.7. The molecule has 0 aromatic carbocycles. The summed E-state index contributed by atoms with van der Waals surface area (Å²) in [4.78, 5) is 20.9. The van der Waals surface area contributed by atoms with Gasteiger partial charge in [-0.1, -0.05) is 0 Å². The Balaban J connectivity index is 2.32. The molecule has 0 spiro atoms. The van der Waals surface area contributed by atoms with Gasteiger partial charge >= 0.3 is 11.9 Å². The van der Waals surface area contributed by atoms with Gasteiger partial charge in [0.15, 0.2) is 12.2 Å². The summed E-state index contributed by atoms with van der Waals surface area (Å²) in [7, 11) is 0. The van der Waals surface area contributed by atoms with Gasteiger partial charge in [0.05, 0.1) is 6.61 Å². The van der Waals surface area contributed by atoms with Crippen LogP contribution in [0.5, 0.6) is 0 Å². The van der Waals surface area contributed by atoms with Crippen molar-refractivity contribution in [3.63, 3.8) is 0 Å². The minimum Gasteiger partial charge on any atom is -0.479 e. The second-order valence-electron chi connectivity index (χ2n) is 2.07. The number of ether oxygens (including phenoxy) is 2. The van der Waals surface area contributed by atoms with Crippen molar-refractivity contribution in [1.29, 1.82) is 0 Å². The molecule has 1 heterocycles. The Hall–Kier alpha value is -1.10. The van der Waals surface area contributed by atoms with Crippen molar-refractivity contribution in [1.82, 2.24) is 0 Å². The third-order valence-corrected chi connectivity index (χ3v) is 1.25. The molecule has 0 saturated carbocycles. The summed E-state index contributed by atoms with van der Waals surface area (Å²) >= 11 is 0. The SMILES string of the molecule is CCOC(=O)[C@@H]1O[C@H]1C(=O)O. The van der Waals surface area contributed by atoms with Crippen LogP contribution in [0.25, 0.3) is 0 Å². The first-order chi connectivity index (χ1) is 5.16. The molecule has 1 saturated heterocycles. The van der Waals surface area contributed by atoms with E-state index in [1.165, 1.54) is 0 Å². The van der Waals surface area contributed by atoms with E-state index < -0.39 is 24.1 Å². The van der Waals surface area contributed by atoms with E-state index >= 15 is 0 Å². The van der Waals surface area contributed by atoms with Crippen LogP contribution in [0.4, 0.5) is 0 Å². The average Bonchev–Trinajstić information content (AvgIpc) is 2.65. The van der Waals surface area contributed by atoms with Gasteiger partial charge in [0.1, 0.15) is 0 Å². The van der Waals surface area contributed by atoms with E-state index in [0.29, 0.717) is 0 Å². The van der Waals surface area contributed by atoms with E-state index in [4.69, 9.17) is 5.11 Å². The number of epoxide rings is 1. The fourth-order valence-electron chi connectivity index (χ4n) is 0.704. The Labute approximate surface area is 62.9 Å². The topological polar surface area (TPSA) is 76.1 Å². The lowest BCUT2D eigenvalue weighted by Gasteiger charge is -1.94. The number of carbonyl (C=O) groups excluding carboxylic acids is 1. The van der Waals surface area contributed by atoms with Crippen LogP contribution in [0.3, 0.4) is 0 Å². The molecule has 1 rings (SSSR count). The molecule has 5 heteroatoms. The van der Waals surface area contributed by atoms with Gasteiger partial charge in [-0.2, -0.15) is 0 Å². The van der Waals surface area contributed by atoms with E-state index in [1.807, 2.05) is 0 Å². The number of rotatable bonds is 3. The molecule has 1 aliphatic heterocycles. The van der Waals surface area contributed by atoms with Crippen LogP contribution in [-0.2, 0) is 19.1 Å². The zero-order valence-electron chi connectivity index (χ0n) is 5.94. The fourth-order valence-corrected chi connectivity index (χ4v) is 0.704. The summed E-state index contributed by atoms with van der Waals surface area (Å²) < 4.78 is 9.04. The Kier molecular flexibility index (Phi) is 2.09. The summed E-state index contributed by atoms with van der Waals surface area (Å²) in [5, 5.41) is 8.31. The standard InChI is InChI=1S/C6H8O5/c1-2-10-6(9)4-3(11-4)5(7)8/h3-4H,2H2,1H3,(H,7,8)/t3-,4-/m1/s1. The highest BCUT2D eigenvalue weighted by molar-refractivity contribution is 5.88.